The molecule has 0 saturated carbocycles. The van der Waals surface area contributed by atoms with Crippen molar-refractivity contribution in [3.63, 3.8) is 0 Å². The van der Waals surface area contributed by atoms with Gasteiger partial charge in [0.2, 0.25) is 0 Å². The Hall–Kier alpha value is -1.55. The van der Waals surface area contributed by atoms with Gasteiger partial charge in [0.05, 0.1) is 12.6 Å². The Morgan fingerprint density at radius 3 is 2.75 bits per heavy atom. The smallest absolute Gasteiger partial charge is 0.119 e. The highest BCUT2D eigenvalue weighted by atomic mass is 16.5. The van der Waals surface area contributed by atoms with Crippen LogP contribution in [0, 0.1) is 5.92 Å². The van der Waals surface area contributed by atoms with E-state index in [0.29, 0.717) is 12.0 Å². The minimum absolute atomic E-state index is 0.314. The van der Waals surface area contributed by atoms with Gasteiger partial charge in [0.1, 0.15) is 5.75 Å². The van der Waals surface area contributed by atoms with E-state index >= 15 is 0 Å². The molecule has 1 saturated heterocycles. The van der Waals surface area contributed by atoms with Gasteiger partial charge < -0.3 is 15.1 Å². The van der Waals surface area contributed by atoms with E-state index in [9.17, 15) is 0 Å². The average Bonchev–Trinajstić information content (AvgIpc) is 3.03. The summed E-state index contributed by atoms with van der Waals surface area (Å²) in [7, 11) is 0. The lowest BCUT2D eigenvalue weighted by Crippen LogP contribution is -2.42. The van der Waals surface area contributed by atoms with E-state index in [1.807, 2.05) is 0 Å². The first-order valence-corrected chi connectivity index (χ1v) is 9.59. The number of rotatable bonds is 8. The lowest BCUT2D eigenvalue weighted by Gasteiger charge is -2.33. The van der Waals surface area contributed by atoms with Gasteiger partial charge in [0, 0.05) is 31.1 Å². The van der Waals surface area contributed by atoms with E-state index < -0.39 is 0 Å². The van der Waals surface area contributed by atoms with E-state index in [1.165, 1.54) is 37.1 Å². The molecule has 0 amide bonds. The fourth-order valence-electron chi connectivity index (χ4n) is 3.75. The van der Waals surface area contributed by atoms with Crippen molar-refractivity contribution in [3.8, 4) is 5.75 Å². The van der Waals surface area contributed by atoms with Gasteiger partial charge in [0.25, 0.3) is 0 Å². The Bertz CT molecular complexity index is 540. The summed E-state index contributed by atoms with van der Waals surface area (Å²) in [6.45, 7) is 8.76. The first-order valence-electron chi connectivity index (χ1n) is 9.59. The molecule has 1 N–H and O–H groups in total. The van der Waals surface area contributed by atoms with Gasteiger partial charge in [-0.2, -0.15) is 5.10 Å². The van der Waals surface area contributed by atoms with Crippen molar-refractivity contribution in [1.29, 1.82) is 0 Å². The number of nitrogens with one attached hydrogen (secondary N) is 1. The van der Waals surface area contributed by atoms with Gasteiger partial charge in [-0.15, -0.1) is 0 Å². The summed E-state index contributed by atoms with van der Waals surface area (Å²) >= 11 is 0. The molecule has 2 atom stereocenters. The molecule has 24 heavy (non-hydrogen) atoms. The van der Waals surface area contributed by atoms with E-state index in [4.69, 9.17) is 4.74 Å². The molecule has 0 bridgehead atoms. The Morgan fingerprint density at radius 1 is 1.17 bits per heavy atom. The van der Waals surface area contributed by atoms with Crippen molar-refractivity contribution in [2.24, 2.45) is 11.0 Å². The predicted octanol–water partition coefficient (Wildman–Crippen LogP) is 3.99. The summed E-state index contributed by atoms with van der Waals surface area (Å²) in [4.78, 5) is 2.58. The van der Waals surface area contributed by atoms with Gasteiger partial charge in [-0.05, 0) is 37.1 Å². The number of nitrogens with zero attached hydrogens (tertiary/aromatic N) is 2. The number of fused-ring (bicyclic) bond motifs is 1. The SMILES string of the molecule is CCCCCOc1ccc(C2NN=C3CCN(CCC)CC32)cc1. The first-order chi connectivity index (χ1) is 11.8. The van der Waals surface area contributed by atoms with Gasteiger partial charge in [-0.25, -0.2) is 0 Å². The van der Waals surface area contributed by atoms with Crippen LogP contribution in [0.3, 0.4) is 0 Å². The van der Waals surface area contributed by atoms with Gasteiger partial charge in [0.15, 0.2) is 0 Å². The zero-order valence-corrected chi connectivity index (χ0v) is 15.1. The molecule has 132 valence electrons. The van der Waals surface area contributed by atoms with Crippen LogP contribution in [0.15, 0.2) is 29.4 Å². The Kier molecular flexibility index (Phi) is 6.13. The molecule has 2 unspecified atom stereocenters. The number of ether oxygens (including phenoxy) is 1. The molecule has 4 nitrogen and oxygen atoms in total. The largest absolute Gasteiger partial charge is 0.494 e. The molecule has 4 heteroatoms. The molecule has 1 aromatic rings. The van der Waals surface area contributed by atoms with Crippen LogP contribution in [0.5, 0.6) is 5.75 Å². The van der Waals surface area contributed by atoms with Crippen LogP contribution in [-0.2, 0) is 0 Å². The summed E-state index contributed by atoms with van der Waals surface area (Å²) in [5, 5.41) is 4.61. The van der Waals surface area contributed by atoms with E-state index in [2.05, 4.69) is 53.5 Å². The zero-order chi connectivity index (χ0) is 16.8. The van der Waals surface area contributed by atoms with Crippen LogP contribution in [0.1, 0.15) is 57.6 Å². The average molecular weight is 329 g/mol. The van der Waals surface area contributed by atoms with Crippen molar-refractivity contribution in [2.75, 3.05) is 26.2 Å². The minimum Gasteiger partial charge on any atom is -0.494 e. The summed E-state index contributed by atoms with van der Waals surface area (Å²) in [5.74, 6) is 1.49. The second-order valence-corrected chi connectivity index (χ2v) is 6.99. The van der Waals surface area contributed by atoms with Crippen LogP contribution in [0.2, 0.25) is 0 Å². The minimum atomic E-state index is 0.314. The molecule has 1 fully saturated rings. The number of hydrogen-bond donors (Lipinski definition) is 1. The maximum Gasteiger partial charge on any atom is 0.119 e. The van der Waals surface area contributed by atoms with Gasteiger partial charge in [-0.3, -0.25) is 0 Å². The quantitative estimate of drug-likeness (QED) is 0.733. The summed E-state index contributed by atoms with van der Waals surface area (Å²) < 4.78 is 5.82. The van der Waals surface area contributed by atoms with E-state index in [-0.39, 0.29) is 0 Å². The third-order valence-corrected chi connectivity index (χ3v) is 5.11. The fourth-order valence-corrected chi connectivity index (χ4v) is 3.75. The maximum atomic E-state index is 5.82. The number of piperidine rings is 1. The first kappa shape index (κ1) is 17.3. The van der Waals surface area contributed by atoms with Gasteiger partial charge in [-0.1, -0.05) is 38.8 Å². The standard InChI is InChI=1S/C20H31N3O/c1-3-5-6-14-24-17-9-7-16(8-10-17)20-18-15-23(12-4-2)13-11-19(18)21-22-20/h7-10,18,20,22H,3-6,11-15H2,1-2H3. The second-order valence-electron chi connectivity index (χ2n) is 6.99. The summed E-state index contributed by atoms with van der Waals surface area (Å²) in [6.07, 6.45) is 5.93. The predicted molar refractivity (Wildman–Crippen MR) is 99.6 cm³/mol. The topological polar surface area (TPSA) is 36.9 Å². The van der Waals surface area contributed by atoms with Crippen LogP contribution >= 0.6 is 0 Å². The Morgan fingerprint density at radius 2 is 2.00 bits per heavy atom. The van der Waals surface area contributed by atoms with Crippen LogP contribution in [-0.4, -0.2) is 36.9 Å². The summed E-state index contributed by atoms with van der Waals surface area (Å²) in [5.41, 5.74) is 6.05. The van der Waals surface area contributed by atoms with Crippen molar-refractivity contribution >= 4 is 5.71 Å². The Balaban J connectivity index is 1.58. The van der Waals surface area contributed by atoms with Crippen LogP contribution in [0.25, 0.3) is 0 Å². The van der Waals surface area contributed by atoms with Crippen molar-refractivity contribution in [2.45, 2.75) is 52.0 Å². The van der Waals surface area contributed by atoms with Crippen molar-refractivity contribution < 1.29 is 4.74 Å². The molecule has 3 rings (SSSR count). The molecular weight excluding hydrogens is 298 g/mol. The molecule has 0 radical (unpaired) electrons. The fraction of sp³-hybridized carbons (Fsp3) is 0.650. The van der Waals surface area contributed by atoms with E-state index in [0.717, 1.165) is 38.3 Å². The second kappa shape index (κ2) is 8.52. The number of hydrogen-bond acceptors (Lipinski definition) is 4. The monoisotopic (exact) mass is 329 g/mol. The molecule has 0 aromatic heterocycles. The molecule has 0 aliphatic carbocycles. The normalized spacial score (nSPS) is 23.5. The number of benzene rings is 1. The molecule has 0 spiro atoms. The highest BCUT2D eigenvalue weighted by molar-refractivity contribution is 5.89. The van der Waals surface area contributed by atoms with Crippen molar-refractivity contribution in [3.05, 3.63) is 29.8 Å². The molecular formula is C20H31N3O. The number of unbranched alkanes of at least 4 members (excludes halogenated alkanes) is 2. The van der Waals surface area contributed by atoms with Crippen LogP contribution in [0.4, 0.5) is 0 Å². The van der Waals surface area contributed by atoms with E-state index in [1.54, 1.807) is 0 Å². The third-order valence-electron chi connectivity index (χ3n) is 5.11. The third kappa shape index (κ3) is 4.10. The summed E-state index contributed by atoms with van der Waals surface area (Å²) in [6, 6.07) is 8.92. The highest BCUT2D eigenvalue weighted by Crippen LogP contribution is 2.33. The zero-order valence-electron chi connectivity index (χ0n) is 15.1. The highest BCUT2D eigenvalue weighted by Gasteiger charge is 2.36. The molecule has 2 heterocycles. The Labute approximate surface area is 146 Å². The number of likely N-dealkylation sites (tertiary alicyclic amines) is 1. The molecule has 2 aliphatic rings. The number of hydrazone groups is 1. The van der Waals surface area contributed by atoms with Gasteiger partial charge >= 0.3 is 0 Å². The molecule has 1 aromatic carbocycles. The lowest BCUT2D eigenvalue weighted by molar-refractivity contribution is 0.228. The lowest BCUT2D eigenvalue weighted by atomic mass is 9.86. The van der Waals surface area contributed by atoms with Crippen LogP contribution < -0.4 is 10.2 Å². The maximum absolute atomic E-state index is 5.82. The molecule has 2 aliphatic heterocycles. The van der Waals surface area contributed by atoms with Crippen molar-refractivity contribution in [1.82, 2.24) is 10.3 Å².